The first-order valence-electron chi connectivity index (χ1n) is 40.4. The summed E-state index contributed by atoms with van der Waals surface area (Å²) in [7, 11) is 11.3. The van der Waals surface area contributed by atoms with Crippen molar-refractivity contribution in [3.8, 4) is 33.4 Å². The molecule has 7 heterocycles. The van der Waals surface area contributed by atoms with Crippen LogP contribution in [0.4, 0.5) is 14.4 Å². The molecule has 7 aliphatic heterocycles. The summed E-state index contributed by atoms with van der Waals surface area (Å²) in [6, 6.07) is 50.6. The van der Waals surface area contributed by atoms with Crippen molar-refractivity contribution in [2.45, 2.75) is 187 Å². The van der Waals surface area contributed by atoms with Crippen molar-refractivity contribution in [3.05, 3.63) is 179 Å². The largest absolute Gasteiger partial charge is 0.348 e. The number of hydrogen-bond donors (Lipinski definition) is 1. The molecular formula is C92H134N12O9S3. The van der Waals surface area contributed by atoms with Crippen LogP contribution in [0, 0.1) is 20.8 Å². The van der Waals surface area contributed by atoms with Gasteiger partial charge in [0, 0.05) is 187 Å². The molecule has 15 rings (SSSR count). The van der Waals surface area contributed by atoms with E-state index in [0.717, 1.165) is 150 Å². The van der Waals surface area contributed by atoms with Crippen molar-refractivity contribution < 1.29 is 43.0 Å². The highest BCUT2D eigenvalue weighted by Crippen LogP contribution is 2.39. The fourth-order valence-corrected chi connectivity index (χ4v) is 17.9. The fraction of sp³-hybridized carbons (Fsp3) is 0.533. The minimum Gasteiger partial charge on any atom is -0.348 e. The predicted octanol–water partition coefficient (Wildman–Crippen LogP) is 14.5. The molecule has 7 saturated heterocycles. The van der Waals surface area contributed by atoms with Crippen LogP contribution in [-0.4, -0.2) is 284 Å². The third-order valence-electron chi connectivity index (χ3n) is 25.5. The van der Waals surface area contributed by atoms with Gasteiger partial charge in [0.2, 0.25) is 0 Å². The number of benzene rings is 6. The van der Waals surface area contributed by atoms with Gasteiger partial charge >= 0.3 is 18.1 Å². The Balaban J connectivity index is 0.000000237. The van der Waals surface area contributed by atoms with Gasteiger partial charge in [0.1, 0.15) is 5.78 Å². The zero-order valence-electron chi connectivity index (χ0n) is 67.9. The lowest BCUT2D eigenvalue weighted by atomic mass is 9.89. The molecular weight excluding hydrogens is 1510 g/mol. The number of ether oxygens (including phenoxy) is 2. The summed E-state index contributed by atoms with van der Waals surface area (Å²) in [5.74, 6) is 0.0556. The van der Waals surface area contributed by atoms with Crippen LogP contribution in [0.1, 0.15) is 160 Å². The van der Waals surface area contributed by atoms with Crippen LogP contribution in [0.25, 0.3) is 33.4 Å². The number of likely N-dealkylation sites (tertiary alicyclic amines) is 5. The lowest BCUT2D eigenvalue weighted by molar-refractivity contribution is -0.183. The summed E-state index contributed by atoms with van der Waals surface area (Å²) in [5.41, 5.74) is 12.4. The standard InChI is InChI=1S/C33H44N4O4.C31H40N4O3.C25H32N4O2.3CH4.3H2S/c1-24-4-6-25(7-5-24)26-8-10-27(11-9-26)31(38)34(2)29-15-19-37(23-29)32(39)35(3)30-14-18-36(22-30)28-12-16-33(17-13-28)40-20-21-41-33;1-22-4-6-23(7-5-22)24-8-10-25(11-9-24)30(37)32(2)27-17-19-35(21-27)31(38)33(3)28-16-18-34(20-28)26-12-14-29(36)15-13-26;1-18-4-6-19(7-5-18)20-8-10-21(11-9-20)24(30)27(2)23-13-15-29(17-23)25(31)28(3)22-12-14-26-16-22;;;;;;/h4-11,28-30H,12-23H2,1-3H3;4-11,26-28H,12-21H2,1-3H3;4-11,22-23,26H,12-17H2,1-3H3;3*1H4;3*1H2/t29-,30?;27-,28?;22?,23-;;;;;;/m000....../s1. The Labute approximate surface area is 713 Å². The first kappa shape index (κ1) is 95.2. The second kappa shape index (κ2) is 43.2. The number of carbonyl (C=O) groups is 7. The van der Waals surface area contributed by atoms with Crippen LogP contribution in [0.3, 0.4) is 0 Å². The van der Waals surface area contributed by atoms with Crippen molar-refractivity contribution in [2.75, 3.05) is 134 Å². The quantitative estimate of drug-likeness (QED) is 0.109. The van der Waals surface area contributed by atoms with E-state index in [-0.39, 0.29) is 141 Å². The number of hydrogen-bond acceptors (Lipinski definition) is 12. The summed E-state index contributed by atoms with van der Waals surface area (Å²) < 4.78 is 11.8. The maximum atomic E-state index is 13.5. The zero-order chi connectivity index (χ0) is 77.3. The van der Waals surface area contributed by atoms with Crippen LogP contribution in [0.5, 0.6) is 0 Å². The number of nitrogens with one attached hydrogen (secondary N) is 1. The Morgan fingerprint density at radius 3 is 0.931 bits per heavy atom. The molecule has 24 heteroatoms. The summed E-state index contributed by atoms with van der Waals surface area (Å²) >= 11 is 0. The van der Waals surface area contributed by atoms with Gasteiger partial charge < -0.3 is 58.9 Å². The molecule has 6 atom stereocenters. The molecule has 3 unspecified atom stereocenters. The Bertz CT molecular complexity index is 4150. The molecule has 9 amide bonds. The number of nitrogens with zero attached hydrogens (tertiary/aromatic N) is 11. The van der Waals surface area contributed by atoms with E-state index >= 15 is 0 Å². The molecule has 116 heavy (non-hydrogen) atoms. The van der Waals surface area contributed by atoms with E-state index < -0.39 is 0 Å². The van der Waals surface area contributed by atoms with Crippen molar-refractivity contribution in [1.82, 2.24) is 59.2 Å². The van der Waals surface area contributed by atoms with Crippen molar-refractivity contribution in [3.63, 3.8) is 0 Å². The van der Waals surface area contributed by atoms with E-state index in [2.05, 4.69) is 109 Å². The zero-order valence-corrected chi connectivity index (χ0v) is 70.9. The molecule has 2 aliphatic carbocycles. The van der Waals surface area contributed by atoms with Gasteiger partial charge in [0.05, 0.1) is 31.3 Å². The molecule has 6 aromatic carbocycles. The minimum absolute atomic E-state index is 0. The summed E-state index contributed by atoms with van der Waals surface area (Å²) in [5, 5.41) is 3.31. The van der Waals surface area contributed by atoms with Gasteiger partial charge in [-0.1, -0.05) is 148 Å². The second-order valence-electron chi connectivity index (χ2n) is 32.6. The number of urea groups is 3. The Hall–Kier alpha value is -7.94. The lowest BCUT2D eigenvalue weighted by Crippen LogP contribution is -2.48. The average Bonchev–Trinajstić information content (AvgIpc) is 1.53. The Morgan fingerprint density at radius 2 is 0.629 bits per heavy atom. The van der Waals surface area contributed by atoms with Crippen molar-refractivity contribution in [1.29, 1.82) is 0 Å². The Kier molecular flexibility index (Phi) is 35.4. The van der Waals surface area contributed by atoms with E-state index in [1.54, 1.807) is 9.80 Å². The minimum atomic E-state index is -0.325. The molecule has 6 aromatic rings. The number of carbonyl (C=O) groups excluding carboxylic acids is 7. The maximum Gasteiger partial charge on any atom is 0.320 e. The molecule has 0 bridgehead atoms. The highest BCUT2D eigenvalue weighted by atomic mass is 32.1. The van der Waals surface area contributed by atoms with E-state index in [9.17, 15) is 33.6 Å². The fourth-order valence-electron chi connectivity index (χ4n) is 17.9. The predicted molar refractivity (Wildman–Crippen MR) is 482 cm³/mol. The average molecular weight is 1650 g/mol. The maximum absolute atomic E-state index is 13.5. The van der Waals surface area contributed by atoms with Gasteiger partial charge in [-0.05, 0) is 161 Å². The first-order chi connectivity index (χ1) is 53.0. The molecule has 21 nitrogen and oxygen atoms in total. The van der Waals surface area contributed by atoms with Crippen LogP contribution in [0.15, 0.2) is 146 Å². The van der Waals surface area contributed by atoms with Gasteiger partial charge in [0.15, 0.2) is 5.79 Å². The number of Topliss-reactive ketones (excluding diaryl/α,β-unsaturated/α-hetero) is 1. The highest BCUT2D eigenvalue weighted by molar-refractivity contribution is 7.59. The molecule has 1 N–H and O–H groups in total. The molecule has 0 radical (unpaired) electrons. The summed E-state index contributed by atoms with van der Waals surface area (Å²) in [4.78, 5) is 113. The topological polar surface area (TPSA) is 186 Å². The first-order valence-corrected chi connectivity index (χ1v) is 40.4. The van der Waals surface area contributed by atoms with Crippen LogP contribution < -0.4 is 5.32 Å². The molecule has 9 aliphatic rings. The number of likely N-dealkylation sites (N-methyl/N-ethyl adjacent to an activating group) is 6. The third-order valence-corrected chi connectivity index (χ3v) is 25.5. The summed E-state index contributed by atoms with van der Waals surface area (Å²) in [6.07, 6.45) is 12.8. The molecule has 1 spiro atoms. The van der Waals surface area contributed by atoms with Crippen LogP contribution in [0.2, 0.25) is 0 Å². The third kappa shape index (κ3) is 22.7. The van der Waals surface area contributed by atoms with Crippen molar-refractivity contribution >= 4 is 82.1 Å². The molecule has 2 saturated carbocycles. The number of ketones is 1. The van der Waals surface area contributed by atoms with Crippen molar-refractivity contribution in [2.24, 2.45) is 0 Å². The molecule has 0 aromatic heterocycles. The van der Waals surface area contributed by atoms with E-state index in [0.29, 0.717) is 99.9 Å². The lowest BCUT2D eigenvalue weighted by Gasteiger charge is -2.39. The van der Waals surface area contributed by atoms with Gasteiger partial charge in [0.25, 0.3) is 17.7 Å². The summed E-state index contributed by atoms with van der Waals surface area (Å²) in [6.45, 7) is 17.1. The second-order valence-corrected chi connectivity index (χ2v) is 32.6. The monoisotopic (exact) mass is 1650 g/mol. The van der Waals surface area contributed by atoms with E-state index in [1.807, 2.05) is 149 Å². The van der Waals surface area contributed by atoms with E-state index in [4.69, 9.17) is 9.47 Å². The molecule has 9 fully saturated rings. The van der Waals surface area contributed by atoms with Crippen LogP contribution >= 0.6 is 40.5 Å². The highest BCUT2D eigenvalue weighted by Gasteiger charge is 2.45. The van der Waals surface area contributed by atoms with Gasteiger partial charge in [-0.15, -0.1) is 0 Å². The van der Waals surface area contributed by atoms with Gasteiger partial charge in [-0.2, -0.15) is 40.5 Å². The smallest absolute Gasteiger partial charge is 0.320 e. The Morgan fingerprint density at radius 1 is 0.353 bits per heavy atom. The van der Waals surface area contributed by atoms with Gasteiger partial charge in [-0.3, -0.25) is 29.0 Å². The van der Waals surface area contributed by atoms with Gasteiger partial charge in [-0.25, -0.2) is 14.4 Å². The number of amides is 9. The normalized spacial score (nSPS) is 21.7. The number of rotatable bonds is 14. The molecule has 634 valence electrons. The van der Waals surface area contributed by atoms with Crippen LogP contribution in [-0.2, 0) is 14.3 Å². The SMILES string of the molecule is C.C.C.Cc1ccc(-c2ccc(C(=O)N(C)[C@H]3CCN(C(=O)N(C)C4CCN(C5CCC(=O)CC5)C4)C3)cc2)cc1.Cc1ccc(-c2ccc(C(=O)N(C)[C@H]3CCN(C(=O)N(C)C4CCN(C5CCC6(CC5)OCCO6)C4)C3)cc2)cc1.Cc1ccc(-c2ccc(C(=O)N(C)[C@H]3CCN(C(=O)N(C)C4CCNC4)C3)cc2)cc1.S.S.S. The van der Waals surface area contributed by atoms with E-state index in [1.165, 1.54) is 16.7 Å². The number of aryl methyl sites for hydroxylation is 3.